The second-order valence-corrected chi connectivity index (χ2v) is 6.37. The molecule has 2 saturated carbocycles. The molecule has 0 aromatic rings. The van der Waals surface area contributed by atoms with Crippen molar-refractivity contribution in [3.8, 4) is 0 Å². The van der Waals surface area contributed by atoms with Crippen LogP contribution < -0.4 is 5.32 Å². The van der Waals surface area contributed by atoms with Gasteiger partial charge in [-0.2, -0.15) is 0 Å². The van der Waals surface area contributed by atoms with Gasteiger partial charge in [-0.1, -0.05) is 6.92 Å². The van der Waals surface area contributed by atoms with Gasteiger partial charge in [0.25, 0.3) is 0 Å². The summed E-state index contributed by atoms with van der Waals surface area (Å²) in [4.78, 5) is 13.9. The van der Waals surface area contributed by atoms with Crippen LogP contribution in [-0.4, -0.2) is 46.7 Å². The summed E-state index contributed by atoms with van der Waals surface area (Å²) in [7, 11) is 0. The number of rotatable bonds is 10. The molecule has 2 rings (SSSR count). The number of nitrogens with one attached hydrogen (secondary N) is 1. The third kappa shape index (κ3) is 4.46. The summed E-state index contributed by atoms with van der Waals surface area (Å²) in [5.41, 5.74) is -0.724. The van der Waals surface area contributed by atoms with Crippen molar-refractivity contribution in [2.45, 2.75) is 76.4 Å². The number of unbranched alkanes of at least 4 members (excludes halogenated alkanes) is 1. The van der Waals surface area contributed by atoms with Crippen LogP contribution in [0.5, 0.6) is 0 Å². The molecule has 4 heteroatoms. The minimum absolute atomic E-state index is 0.444. The fourth-order valence-electron chi connectivity index (χ4n) is 2.75. The number of hydrogen-bond donors (Lipinski definition) is 2. The Kier molecular flexibility index (Phi) is 4.85. The number of carboxylic acid groups (broad SMARTS) is 1. The van der Waals surface area contributed by atoms with Crippen LogP contribution in [0.25, 0.3) is 0 Å². The molecule has 19 heavy (non-hydrogen) atoms. The molecule has 110 valence electrons. The lowest BCUT2D eigenvalue weighted by molar-refractivity contribution is -0.144. The van der Waals surface area contributed by atoms with Crippen LogP contribution in [0.15, 0.2) is 0 Å². The van der Waals surface area contributed by atoms with Crippen molar-refractivity contribution < 1.29 is 9.90 Å². The highest BCUT2D eigenvalue weighted by Gasteiger charge is 2.38. The molecular weight excluding hydrogens is 240 g/mol. The Morgan fingerprint density at radius 2 is 2.00 bits per heavy atom. The van der Waals surface area contributed by atoms with Gasteiger partial charge in [-0.3, -0.25) is 10.1 Å². The Hall–Kier alpha value is -0.610. The van der Waals surface area contributed by atoms with E-state index in [0.717, 1.165) is 51.2 Å². The maximum Gasteiger partial charge on any atom is 0.323 e. The van der Waals surface area contributed by atoms with Gasteiger partial charge in [0.1, 0.15) is 5.54 Å². The Balaban J connectivity index is 1.67. The third-order valence-corrected chi connectivity index (χ3v) is 4.41. The minimum Gasteiger partial charge on any atom is -0.480 e. The first-order valence-corrected chi connectivity index (χ1v) is 7.80. The maximum absolute atomic E-state index is 11.4. The summed E-state index contributed by atoms with van der Waals surface area (Å²) < 4.78 is 0. The van der Waals surface area contributed by atoms with E-state index in [9.17, 15) is 9.90 Å². The van der Waals surface area contributed by atoms with Gasteiger partial charge in [-0.05, 0) is 65.0 Å². The molecule has 0 saturated heterocycles. The molecule has 0 aliphatic heterocycles. The van der Waals surface area contributed by atoms with E-state index in [1.165, 1.54) is 12.8 Å². The van der Waals surface area contributed by atoms with Crippen LogP contribution in [0.3, 0.4) is 0 Å². The second kappa shape index (κ2) is 6.23. The molecule has 0 aromatic heterocycles. The summed E-state index contributed by atoms with van der Waals surface area (Å²) in [6, 6.07) is 1.26. The quantitative estimate of drug-likeness (QED) is 0.597. The zero-order chi connectivity index (χ0) is 13.9. The van der Waals surface area contributed by atoms with E-state index in [-0.39, 0.29) is 0 Å². The summed E-state index contributed by atoms with van der Waals surface area (Å²) in [6.07, 6.45) is 7.81. The summed E-state index contributed by atoms with van der Waals surface area (Å²) >= 11 is 0. The van der Waals surface area contributed by atoms with Gasteiger partial charge in [-0.25, -0.2) is 0 Å². The zero-order valence-electron chi connectivity index (χ0n) is 12.3. The minimum atomic E-state index is -0.724. The molecule has 0 bridgehead atoms. The highest BCUT2D eigenvalue weighted by Crippen LogP contribution is 2.28. The van der Waals surface area contributed by atoms with Crippen LogP contribution in [0.2, 0.25) is 0 Å². The van der Waals surface area contributed by atoms with Gasteiger partial charge < -0.3 is 10.0 Å². The molecule has 0 spiro atoms. The van der Waals surface area contributed by atoms with Crippen molar-refractivity contribution in [2.75, 3.05) is 13.1 Å². The number of carbonyl (C=O) groups is 1. The fourth-order valence-corrected chi connectivity index (χ4v) is 2.75. The maximum atomic E-state index is 11.4. The number of carboxylic acids is 1. The molecule has 0 amide bonds. The topological polar surface area (TPSA) is 52.6 Å². The summed E-state index contributed by atoms with van der Waals surface area (Å²) in [5.74, 6) is -0.700. The highest BCUT2D eigenvalue weighted by molar-refractivity contribution is 5.78. The summed E-state index contributed by atoms with van der Waals surface area (Å²) in [5, 5.41) is 12.7. The lowest BCUT2D eigenvalue weighted by Gasteiger charge is -2.27. The first-order chi connectivity index (χ1) is 9.05. The summed E-state index contributed by atoms with van der Waals surface area (Å²) in [6.45, 7) is 6.31. The van der Waals surface area contributed by atoms with Crippen molar-refractivity contribution in [3.63, 3.8) is 0 Å². The largest absolute Gasteiger partial charge is 0.480 e. The highest BCUT2D eigenvalue weighted by atomic mass is 16.4. The molecule has 2 N–H and O–H groups in total. The Labute approximate surface area is 116 Å². The molecule has 0 radical (unpaired) electrons. The lowest BCUT2D eigenvalue weighted by Crippen LogP contribution is -2.50. The van der Waals surface area contributed by atoms with Gasteiger partial charge in [0.15, 0.2) is 0 Å². The van der Waals surface area contributed by atoms with E-state index in [0.29, 0.717) is 6.04 Å². The van der Waals surface area contributed by atoms with Crippen molar-refractivity contribution in [1.82, 2.24) is 10.2 Å². The van der Waals surface area contributed by atoms with E-state index >= 15 is 0 Å². The van der Waals surface area contributed by atoms with E-state index in [1.54, 1.807) is 0 Å². The van der Waals surface area contributed by atoms with Crippen LogP contribution >= 0.6 is 0 Å². The second-order valence-electron chi connectivity index (χ2n) is 6.37. The standard InChI is InChI=1S/C15H28N2O2/c1-3-17(13-8-9-13)11-5-4-10-15(2,14(18)19)16-12-6-7-12/h12-13,16H,3-11H2,1-2H3,(H,18,19). The van der Waals surface area contributed by atoms with Crippen LogP contribution in [0.4, 0.5) is 0 Å². The van der Waals surface area contributed by atoms with E-state index in [1.807, 2.05) is 6.92 Å². The molecule has 1 unspecified atom stereocenters. The predicted molar refractivity (Wildman–Crippen MR) is 76.3 cm³/mol. The van der Waals surface area contributed by atoms with Crippen molar-refractivity contribution in [3.05, 3.63) is 0 Å². The van der Waals surface area contributed by atoms with E-state index in [4.69, 9.17) is 0 Å². The normalized spacial score (nSPS) is 22.5. The Morgan fingerprint density at radius 3 is 2.47 bits per heavy atom. The molecule has 4 nitrogen and oxygen atoms in total. The van der Waals surface area contributed by atoms with Crippen molar-refractivity contribution in [2.24, 2.45) is 0 Å². The SMILES string of the molecule is CCN(CCCCC(C)(NC1CC1)C(=O)O)C1CC1. The van der Waals surface area contributed by atoms with Crippen molar-refractivity contribution in [1.29, 1.82) is 0 Å². The first kappa shape index (κ1) is 14.8. The predicted octanol–water partition coefficient (Wildman–Crippen LogP) is 2.24. The monoisotopic (exact) mass is 268 g/mol. The smallest absolute Gasteiger partial charge is 0.323 e. The Bertz CT molecular complexity index is 313. The molecule has 0 aromatic carbocycles. The van der Waals surface area contributed by atoms with Gasteiger partial charge in [0.05, 0.1) is 0 Å². The van der Waals surface area contributed by atoms with E-state index < -0.39 is 11.5 Å². The van der Waals surface area contributed by atoms with Crippen LogP contribution in [0.1, 0.15) is 58.8 Å². The molecule has 2 aliphatic carbocycles. The third-order valence-electron chi connectivity index (χ3n) is 4.41. The van der Waals surface area contributed by atoms with Crippen LogP contribution in [-0.2, 0) is 4.79 Å². The molecular formula is C15H28N2O2. The van der Waals surface area contributed by atoms with Gasteiger partial charge >= 0.3 is 5.97 Å². The zero-order valence-corrected chi connectivity index (χ0v) is 12.3. The first-order valence-electron chi connectivity index (χ1n) is 7.80. The van der Waals surface area contributed by atoms with E-state index in [2.05, 4.69) is 17.1 Å². The van der Waals surface area contributed by atoms with Gasteiger partial charge in [0, 0.05) is 12.1 Å². The van der Waals surface area contributed by atoms with Gasteiger partial charge in [0.2, 0.25) is 0 Å². The lowest BCUT2D eigenvalue weighted by atomic mass is 9.94. The van der Waals surface area contributed by atoms with Gasteiger partial charge in [-0.15, -0.1) is 0 Å². The number of aliphatic carboxylic acids is 1. The van der Waals surface area contributed by atoms with Crippen molar-refractivity contribution >= 4 is 5.97 Å². The molecule has 0 heterocycles. The average molecular weight is 268 g/mol. The number of hydrogen-bond acceptors (Lipinski definition) is 3. The Morgan fingerprint density at radius 1 is 1.32 bits per heavy atom. The van der Waals surface area contributed by atoms with Crippen LogP contribution in [0, 0.1) is 0 Å². The molecule has 1 atom stereocenters. The molecule has 2 fully saturated rings. The fraction of sp³-hybridized carbons (Fsp3) is 0.933. The molecule has 2 aliphatic rings. The average Bonchev–Trinajstić information content (AvgIpc) is 3.22. The number of nitrogens with zero attached hydrogens (tertiary/aromatic N) is 1.